The molecule has 3 aromatic rings. The molecule has 0 aliphatic heterocycles. The fourth-order valence-corrected chi connectivity index (χ4v) is 2.30. The van der Waals surface area contributed by atoms with E-state index in [1.807, 2.05) is 30.3 Å². The van der Waals surface area contributed by atoms with Crippen LogP contribution in [0.15, 0.2) is 77.2 Å². The Morgan fingerprint density at radius 1 is 0.960 bits per heavy atom. The van der Waals surface area contributed by atoms with E-state index in [2.05, 4.69) is 5.32 Å². The van der Waals surface area contributed by atoms with Gasteiger partial charge in [0.05, 0.1) is 0 Å². The second-order valence-electron chi connectivity index (χ2n) is 5.28. The van der Waals surface area contributed by atoms with Gasteiger partial charge in [0.25, 0.3) is 5.91 Å². The van der Waals surface area contributed by atoms with Crippen LogP contribution in [0.1, 0.15) is 16.1 Å². The molecular weight excluding hydrogens is 318 g/mol. The molecule has 1 aromatic heterocycles. The summed E-state index contributed by atoms with van der Waals surface area (Å²) in [5, 5.41) is 11.4. The van der Waals surface area contributed by atoms with Gasteiger partial charge in [-0.05, 0) is 35.9 Å². The van der Waals surface area contributed by atoms with Crippen molar-refractivity contribution >= 4 is 23.6 Å². The number of nitrogens with one attached hydrogen (secondary N) is 1. The van der Waals surface area contributed by atoms with Crippen LogP contribution in [0.4, 0.5) is 5.69 Å². The van der Waals surface area contributed by atoms with E-state index in [1.165, 1.54) is 6.08 Å². The Kier molecular flexibility index (Phi) is 4.76. The molecule has 0 radical (unpaired) electrons. The predicted octanol–water partition coefficient (Wildman–Crippen LogP) is 4.30. The highest BCUT2D eigenvalue weighted by Crippen LogP contribution is 2.22. The fraction of sp³-hybridized carbons (Fsp3) is 0. The Bertz CT molecular complexity index is 926. The first-order chi connectivity index (χ1) is 12.1. The van der Waals surface area contributed by atoms with Gasteiger partial charge in [-0.1, -0.05) is 42.5 Å². The van der Waals surface area contributed by atoms with Crippen molar-refractivity contribution in [3.8, 4) is 11.3 Å². The second-order valence-corrected chi connectivity index (χ2v) is 5.28. The molecule has 0 saturated carbocycles. The number of hydrogen-bond donors (Lipinski definition) is 2. The molecule has 0 aliphatic rings. The number of benzene rings is 2. The Balaban J connectivity index is 1.74. The number of carboxylic acid groups (broad SMARTS) is 1. The molecule has 5 nitrogen and oxygen atoms in total. The molecule has 0 bridgehead atoms. The zero-order valence-corrected chi connectivity index (χ0v) is 13.2. The number of carbonyl (C=O) groups is 2. The predicted molar refractivity (Wildman–Crippen MR) is 95.2 cm³/mol. The number of aliphatic carboxylic acids is 1. The SMILES string of the molecule is O=C(O)C=Cc1cccc(NC(=O)c2ccc(-c3ccccc3)o2)c1. The lowest BCUT2D eigenvalue weighted by Crippen LogP contribution is -2.10. The highest BCUT2D eigenvalue weighted by atomic mass is 16.4. The Hall–Kier alpha value is -3.60. The number of amides is 1. The molecule has 0 aliphatic carbocycles. The third-order valence-electron chi connectivity index (χ3n) is 3.45. The molecule has 2 N–H and O–H groups in total. The van der Waals surface area contributed by atoms with Gasteiger partial charge in [-0.15, -0.1) is 0 Å². The molecule has 25 heavy (non-hydrogen) atoms. The van der Waals surface area contributed by atoms with Crippen molar-refractivity contribution in [3.05, 3.63) is 84.1 Å². The zero-order valence-electron chi connectivity index (χ0n) is 13.2. The molecule has 0 saturated heterocycles. The zero-order chi connectivity index (χ0) is 17.6. The lowest BCUT2D eigenvalue weighted by molar-refractivity contribution is -0.131. The van der Waals surface area contributed by atoms with Crippen LogP contribution in [0, 0.1) is 0 Å². The molecule has 0 atom stereocenters. The van der Waals surface area contributed by atoms with Gasteiger partial charge in [0, 0.05) is 17.3 Å². The first kappa shape index (κ1) is 16.3. The van der Waals surface area contributed by atoms with E-state index in [4.69, 9.17) is 9.52 Å². The maximum absolute atomic E-state index is 12.3. The fourth-order valence-electron chi connectivity index (χ4n) is 2.30. The molecule has 0 fully saturated rings. The monoisotopic (exact) mass is 333 g/mol. The van der Waals surface area contributed by atoms with Crippen molar-refractivity contribution in [2.24, 2.45) is 0 Å². The summed E-state index contributed by atoms with van der Waals surface area (Å²) >= 11 is 0. The second kappa shape index (κ2) is 7.31. The molecule has 3 rings (SSSR count). The standard InChI is InChI=1S/C20H15NO4/c22-19(23)12-9-14-5-4-8-16(13-14)21-20(24)18-11-10-17(25-18)15-6-2-1-3-7-15/h1-13H,(H,21,24)(H,22,23). The van der Waals surface area contributed by atoms with Gasteiger partial charge in [-0.2, -0.15) is 0 Å². The van der Waals surface area contributed by atoms with Gasteiger partial charge in [-0.25, -0.2) is 4.79 Å². The van der Waals surface area contributed by atoms with Crippen LogP contribution >= 0.6 is 0 Å². The van der Waals surface area contributed by atoms with E-state index in [0.29, 0.717) is 17.0 Å². The van der Waals surface area contributed by atoms with Crippen molar-refractivity contribution in [3.63, 3.8) is 0 Å². The summed E-state index contributed by atoms with van der Waals surface area (Å²) in [5.41, 5.74) is 2.11. The Morgan fingerprint density at radius 2 is 1.76 bits per heavy atom. The molecule has 0 spiro atoms. The average molecular weight is 333 g/mol. The number of furan rings is 1. The first-order valence-corrected chi connectivity index (χ1v) is 7.59. The summed E-state index contributed by atoms with van der Waals surface area (Å²) < 4.78 is 5.61. The van der Waals surface area contributed by atoms with Crippen LogP contribution < -0.4 is 5.32 Å². The van der Waals surface area contributed by atoms with Crippen molar-refractivity contribution in [2.45, 2.75) is 0 Å². The maximum Gasteiger partial charge on any atom is 0.328 e. The molecule has 1 amide bonds. The quantitative estimate of drug-likeness (QED) is 0.682. The minimum Gasteiger partial charge on any atom is -0.478 e. The van der Waals surface area contributed by atoms with Gasteiger partial charge in [0.2, 0.25) is 0 Å². The van der Waals surface area contributed by atoms with Crippen LogP contribution in [0.2, 0.25) is 0 Å². The Labute approximate surface area is 144 Å². The summed E-state index contributed by atoms with van der Waals surface area (Å²) in [6, 6.07) is 19.7. The smallest absolute Gasteiger partial charge is 0.328 e. The van der Waals surface area contributed by atoms with Crippen molar-refractivity contribution in [1.82, 2.24) is 0 Å². The molecule has 124 valence electrons. The Morgan fingerprint density at radius 3 is 2.52 bits per heavy atom. The minimum atomic E-state index is -1.03. The maximum atomic E-state index is 12.3. The lowest BCUT2D eigenvalue weighted by atomic mass is 10.2. The number of anilines is 1. The molecule has 2 aromatic carbocycles. The van der Waals surface area contributed by atoms with Crippen LogP contribution in [0.5, 0.6) is 0 Å². The average Bonchev–Trinajstić information content (AvgIpc) is 3.11. The topological polar surface area (TPSA) is 79.5 Å². The minimum absolute atomic E-state index is 0.199. The summed E-state index contributed by atoms with van der Waals surface area (Å²) in [5.74, 6) is -0.589. The van der Waals surface area contributed by atoms with Gasteiger partial charge in [0.15, 0.2) is 5.76 Å². The molecule has 5 heteroatoms. The summed E-state index contributed by atoms with van der Waals surface area (Å²) in [4.78, 5) is 22.9. The summed E-state index contributed by atoms with van der Waals surface area (Å²) in [6.45, 7) is 0. The van der Waals surface area contributed by atoms with Gasteiger partial charge in [0.1, 0.15) is 5.76 Å². The van der Waals surface area contributed by atoms with Crippen LogP contribution in [-0.4, -0.2) is 17.0 Å². The molecule has 0 unspecified atom stereocenters. The number of carboxylic acids is 1. The van der Waals surface area contributed by atoms with E-state index in [-0.39, 0.29) is 11.7 Å². The van der Waals surface area contributed by atoms with Crippen LogP contribution in [0.25, 0.3) is 17.4 Å². The van der Waals surface area contributed by atoms with Crippen LogP contribution in [-0.2, 0) is 4.79 Å². The largest absolute Gasteiger partial charge is 0.478 e. The summed E-state index contributed by atoms with van der Waals surface area (Å²) in [6.07, 6.45) is 2.50. The lowest BCUT2D eigenvalue weighted by Gasteiger charge is -2.04. The van der Waals surface area contributed by atoms with E-state index >= 15 is 0 Å². The number of carbonyl (C=O) groups excluding carboxylic acids is 1. The number of rotatable bonds is 5. The van der Waals surface area contributed by atoms with E-state index in [0.717, 1.165) is 11.6 Å². The first-order valence-electron chi connectivity index (χ1n) is 7.59. The van der Waals surface area contributed by atoms with Crippen LogP contribution in [0.3, 0.4) is 0 Å². The van der Waals surface area contributed by atoms with Crippen molar-refractivity contribution in [1.29, 1.82) is 0 Å². The van der Waals surface area contributed by atoms with Crippen molar-refractivity contribution in [2.75, 3.05) is 5.32 Å². The van der Waals surface area contributed by atoms with Gasteiger partial charge in [-0.3, -0.25) is 4.79 Å². The highest BCUT2D eigenvalue weighted by molar-refractivity contribution is 6.02. The molecular formula is C20H15NO4. The van der Waals surface area contributed by atoms with Crippen molar-refractivity contribution < 1.29 is 19.1 Å². The van der Waals surface area contributed by atoms with E-state index in [9.17, 15) is 9.59 Å². The van der Waals surface area contributed by atoms with E-state index in [1.54, 1.807) is 36.4 Å². The third kappa shape index (κ3) is 4.23. The van der Waals surface area contributed by atoms with E-state index < -0.39 is 5.97 Å². The van der Waals surface area contributed by atoms with Gasteiger partial charge >= 0.3 is 5.97 Å². The third-order valence-corrected chi connectivity index (χ3v) is 3.45. The molecule has 1 heterocycles. The number of hydrogen-bond acceptors (Lipinski definition) is 3. The highest BCUT2D eigenvalue weighted by Gasteiger charge is 2.12. The van der Waals surface area contributed by atoms with Gasteiger partial charge < -0.3 is 14.8 Å². The normalized spacial score (nSPS) is 10.7. The summed E-state index contributed by atoms with van der Waals surface area (Å²) in [7, 11) is 0.